The minimum Gasteiger partial charge on any atom is -0.497 e. The third-order valence-corrected chi connectivity index (χ3v) is 4.23. The maximum atomic E-state index is 11.7. The van der Waals surface area contributed by atoms with Crippen LogP contribution in [0.15, 0.2) is 18.2 Å². The number of hydrogen-bond donors (Lipinski definition) is 1. The quantitative estimate of drug-likeness (QED) is 0.876. The van der Waals surface area contributed by atoms with Gasteiger partial charge in [-0.25, -0.2) is 9.36 Å². The van der Waals surface area contributed by atoms with E-state index in [1.165, 1.54) is 4.57 Å². The van der Waals surface area contributed by atoms with Crippen molar-refractivity contribution in [3.63, 3.8) is 0 Å². The number of likely N-dealkylation sites (N-methyl/N-ethyl adjacent to an activating group) is 1. The Morgan fingerprint density at radius 2 is 2.10 bits per heavy atom. The van der Waals surface area contributed by atoms with Gasteiger partial charge in [-0.15, -0.1) is 0 Å². The van der Waals surface area contributed by atoms with Crippen molar-refractivity contribution in [3.8, 4) is 5.75 Å². The molecule has 0 spiro atoms. The molecule has 0 bridgehead atoms. The minimum absolute atomic E-state index is 0.104. The zero-order chi connectivity index (χ0) is 15.4. The molecule has 0 amide bonds. The number of carbonyl (C=O) groups is 1. The van der Waals surface area contributed by atoms with Crippen molar-refractivity contribution < 1.29 is 14.6 Å². The highest BCUT2D eigenvalue weighted by atomic mass is 16.5. The van der Waals surface area contributed by atoms with E-state index in [0.29, 0.717) is 6.54 Å². The van der Waals surface area contributed by atoms with Gasteiger partial charge >= 0.3 is 6.09 Å². The van der Waals surface area contributed by atoms with Crippen LogP contribution in [0.4, 0.5) is 4.79 Å². The summed E-state index contributed by atoms with van der Waals surface area (Å²) in [5.74, 6) is 0.752. The van der Waals surface area contributed by atoms with Crippen LogP contribution in [0.5, 0.6) is 5.75 Å². The second kappa shape index (κ2) is 4.49. The number of hydrogen-bond acceptors (Lipinski definition) is 3. The first kappa shape index (κ1) is 13.9. The average Bonchev–Trinajstić information content (AvgIpc) is 2.70. The van der Waals surface area contributed by atoms with Gasteiger partial charge in [0.15, 0.2) is 0 Å². The Balaban J connectivity index is 2.42. The monoisotopic (exact) mass is 288 g/mol. The van der Waals surface area contributed by atoms with Crippen LogP contribution in [0.25, 0.3) is 10.9 Å². The fourth-order valence-corrected chi connectivity index (χ4v) is 3.64. The van der Waals surface area contributed by atoms with E-state index in [9.17, 15) is 9.90 Å². The number of aromatic nitrogens is 1. The molecule has 2 heterocycles. The van der Waals surface area contributed by atoms with Gasteiger partial charge in [0.05, 0.1) is 12.6 Å². The molecule has 0 saturated carbocycles. The van der Waals surface area contributed by atoms with Crippen LogP contribution in [-0.4, -0.2) is 41.4 Å². The fourth-order valence-electron chi connectivity index (χ4n) is 3.64. The molecule has 1 aromatic heterocycles. The van der Waals surface area contributed by atoms with Gasteiger partial charge in [-0.05, 0) is 30.8 Å². The molecule has 112 valence electrons. The standard InChI is InChI=1S/C16H20N2O3/c1-16(2)9-17(3)8-13-14(16)11-7-10(21-4)5-6-12(11)18(13)15(19)20/h5-7H,8-9H2,1-4H3,(H,19,20). The summed E-state index contributed by atoms with van der Waals surface area (Å²) in [5, 5.41) is 10.6. The molecule has 0 aliphatic carbocycles. The Morgan fingerprint density at radius 3 is 2.71 bits per heavy atom. The third kappa shape index (κ3) is 2.00. The van der Waals surface area contributed by atoms with Crippen molar-refractivity contribution in [2.45, 2.75) is 25.8 Å². The smallest absolute Gasteiger partial charge is 0.416 e. The number of methoxy groups -OCH3 is 1. The SMILES string of the molecule is COc1ccc2c(c1)c1c(n2C(=O)O)CN(C)CC1(C)C. The van der Waals surface area contributed by atoms with Crippen molar-refractivity contribution >= 4 is 17.0 Å². The highest BCUT2D eigenvalue weighted by molar-refractivity contribution is 5.95. The van der Waals surface area contributed by atoms with E-state index in [4.69, 9.17) is 4.74 Å². The van der Waals surface area contributed by atoms with Gasteiger partial charge in [-0.1, -0.05) is 13.8 Å². The zero-order valence-corrected chi connectivity index (χ0v) is 12.8. The Kier molecular flexibility index (Phi) is 2.99. The molecule has 1 aliphatic heterocycles. The highest BCUT2D eigenvalue weighted by Crippen LogP contribution is 2.41. The molecule has 0 atom stereocenters. The summed E-state index contributed by atoms with van der Waals surface area (Å²) in [6.07, 6.45) is -0.933. The van der Waals surface area contributed by atoms with Crippen molar-refractivity contribution in [1.82, 2.24) is 9.47 Å². The Bertz CT molecular complexity index is 731. The summed E-state index contributed by atoms with van der Waals surface area (Å²) >= 11 is 0. The lowest BCUT2D eigenvalue weighted by molar-refractivity contribution is 0.191. The summed E-state index contributed by atoms with van der Waals surface area (Å²) in [5.41, 5.74) is 2.62. The van der Waals surface area contributed by atoms with E-state index in [0.717, 1.165) is 34.5 Å². The van der Waals surface area contributed by atoms with Crippen molar-refractivity contribution in [1.29, 1.82) is 0 Å². The van der Waals surface area contributed by atoms with Crippen LogP contribution < -0.4 is 4.74 Å². The largest absolute Gasteiger partial charge is 0.497 e. The number of carboxylic acid groups (broad SMARTS) is 1. The normalized spacial score (nSPS) is 17.7. The first-order chi connectivity index (χ1) is 9.85. The van der Waals surface area contributed by atoms with Gasteiger partial charge < -0.3 is 9.84 Å². The second-order valence-corrected chi connectivity index (χ2v) is 6.38. The average molecular weight is 288 g/mol. The van der Waals surface area contributed by atoms with E-state index in [2.05, 4.69) is 18.7 Å². The van der Waals surface area contributed by atoms with E-state index in [1.807, 2.05) is 25.2 Å². The highest BCUT2D eigenvalue weighted by Gasteiger charge is 2.36. The zero-order valence-electron chi connectivity index (χ0n) is 12.8. The molecule has 0 saturated heterocycles. The number of rotatable bonds is 1. The number of fused-ring (bicyclic) bond motifs is 3. The van der Waals surface area contributed by atoms with E-state index >= 15 is 0 Å². The number of benzene rings is 1. The first-order valence-corrected chi connectivity index (χ1v) is 6.99. The molecule has 0 fully saturated rings. The summed E-state index contributed by atoms with van der Waals surface area (Å²) in [6.45, 7) is 5.86. The maximum Gasteiger partial charge on any atom is 0.416 e. The molecule has 5 heteroatoms. The Morgan fingerprint density at radius 1 is 1.38 bits per heavy atom. The lowest BCUT2D eigenvalue weighted by Crippen LogP contribution is -2.40. The van der Waals surface area contributed by atoms with Gasteiger partial charge in [0.25, 0.3) is 0 Å². The fraction of sp³-hybridized carbons (Fsp3) is 0.438. The number of nitrogens with zero attached hydrogens (tertiary/aromatic N) is 2. The van der Waals surface area contributed by atoms with Crippen molar-refractivity contribution in [2.75, 3.05) is 20.7 Å². The molecule has 1 aromatic carbocycles. The Labute approximate surface area is 123 Å². The predicted octanol–water partition coefficient (Wildman–Crippen LogP) is 2.90. The van der Waals surface area contributed by atoms with Gasteiger partial charge in [0, 0.05) is 29.6 Å². The van der Waals surface area contributed by atoms with Gasteiger partial charge in [0.1, 0.15) is 5.75 Å². The Hall–Kier alpha value is -2.01. The second-order valence-electron chi connectivity index (χ2n) is 6.38. The summed E-state index contributed by atoms with van der Waals surface area (Å²) in [4.78, 5) is 13.9. The summed E-state index contributed by atoms with van der Waals surface area (Å²) < 4.78 is 6.72. The molecule has 0 radical (unpaired) electrons. The number of ether oxygens (including phenoxy) is 1. The summed E-state index contributed by atoms with van der Waals surface area (Å²) in [6, 6.07) is 5.58. The van der Waals surface area contributed by atoms with Crippen LogP contribution in [0.3, 0.4) is 0 Å². The molecule has 0 unspecified atom stereocenters. The van der Waals surface area contributed by atoms with Crippen molar-refractivity contribution in [3.05, 3.63) is 29.5 Å². The van der Waals surface area contributed by atoms with Gasteiger partial charge in [-0.3, -0.25) is 4.90 Å². The van der Waals surface area contributed by atoms with Crippen LogP contribution in [0, 0.1) is 0 Å². The lowest BCUT2D eigenvalue weighted by atomic mass is 9.79. The van der Waals surface area contributed by atoms with E-state index in [-0.39, 0.29) is 5.41 Å². The first-order valence-electron chi connectivity index (χ1n) is 6.99. The molecule has 1 aliphatic rings. The molecule has 1 N–H and O–H groups in total. The third-order valence-electron chi connectivity index (χ3n) is 4.23. The van der Waals surface area contributed by atoms with Crippen LogP contribution in [-0.2, 0) is 12.0 Å². The maximum absolute atomic E-state index is 11.7. The summed E-state index contributed by atoms with van der Waals surface area (Å²) in [7, 11) is 3.65. The molecule has 2 aromatic rings. The van der Waals surface area contributed by atoms with E-state index < -0.39 is 6.09 Å². The van der Waals surface area contributed by atoms with Gasteiger partial charge in [0.2, 0.25) is 0 Å². The molecular weight excluding hydrogens is 268 g/mol. The molecule has 5 nitrogen and oxygen atoms in total. The molecule has 3 rings (SSSR count). The molecular formula is C16H20N2O3. The minimum atomic E-state index is -0.933. The molecule has 21 heavy (non-hydrogen) atoms. The lowest BCUT2D eigenvalue weighted by Gasteiger charge is -2.36. The van der Waals surface area contributed by atoms with Crippen LogP contribution in [0.1, 0.15) is 25.1 Å². The predicted molar refractivity (Wildman–Crippen MR) is 81.3 cm³/mol. The van der Waals surface area contributed by atoms with Crippen LogP contribution in [0.2, 0.25) is 0 Å². The van der Waals surface area contributed by atoms with E-state index in [1.54, 1.807) is 7.11 Å². The topological polar surface area (TPSA) is 54.7 Å². The van der Waals surface area contributed by atoms with Crippen molar-refractivity contribution in [2.24, 2.45) is 0 Å². The van der Waals surface area contributed by atoms with Crippen LogP contribution >= 0.6 is 0 Å². The van der Waals surface area contributed by atoms with Gasteiger partial charge in [-0.2, -0.15) is 0 Å².